The number of nitrogens with one attached hydrogen (secondary N) is 3. The number of pyridine rings is 1. The first-order valence-electron chi connectivity index (χ1n) is 16.6. The van der Waals surface area contributed by atoms with Crippen molar-refractivity contribution in [2.24, 2.45) is 5.73 Å². The number of fused-ring (bicyclic) bond motifs is 1. The minimum atomic E-state index is -0.676. The van der Waals surface area contributed by atoms with Gasteiger partial charge in [0.2, 0.25) is 0 Å². The van der Waals surface area contributed by atoms with Crippen molar-refractivity contribution >= 4 is 40.0 Å². The van der Waals surface area contributed by atoms with Crippen LogP contribution in [0.5, 0.6) is 5.75 Å². The maximum absolute atomic E-state index is 12.8. The van der Waals surface area contributed by atoms with Gasteiger partial charge in [-0.05, 0) is 57.0 Å². The molecule has 3 aliphatic heterocycles. The van der Waals surface area contributed by atoms with Gasteiger partial charge in [-0.2, -0.15) is 0 Å². The lowest BCUT2D eigenvalue weighted by Crippen LogP contribution is -2.52. The summed E-state index contributed by atoms with van der Waals surface area (Å²) in [6.45, 7) is 7.86. The summed E-state index contributed by atoms with van der Waals surface area (Å²) >= 11 is 0. The molecule has 3 aromatic heterocycles. The van der Waals surface area contributed by atoms with Gasteiger partial charge in [0.15, 0.2) is 17.3 Å². The molecule has 3 saturated heterocycles. The van der Waals surface area contributed by atoms with Crippen molar-refractivity contribution in [3.63, 3.8) is 0 Å². The summed E-state index contributed by atoms with van der Waals surface area (Å²) in [7, 11) is 3.89. The van der Waals surface area contributed by atoms with Crippen LogP contribution in [0.2, 0.25) is 0 Å². The minimum Gasteiger partial charge on any atom is -0.495 e. The van der Waals surface area contributed by atoms with Gasteiger partial charge in [-0.1, -0.05) is 0 Å². The second kappa shape index (κ2) is 13.7. The van der Waals surface area contributed by atoms with Gasteiger partial charge in [0.25, 0.3) is 5.91 Å². The maximum atomic E-state index is 12.8. The number of hydrogen-bond donors (Lipinski definition) is 4. The van der Waals surface area contributed by atoms with Gasteiger partial charge in [0, 0.05) is 99.7 Å². The molecule has 4 aromatic rings. The number of hydrogen-bond acceptors (Lipinski definition) is 11. The lowest BCUT2D eigenvalue weighted by Gasteiger charge is -2.42. The Morgan fingerprint density at radius 1 is 1.00 bits per heavy atom. The van der Waals surface area contributed by atoms with Crippen molar-refractivity contribution in [3.05, 3.63) is 48.4 Å². The van der Waals surface area contributed by atoms with E-state index in [1.54, 1.807) is 13.3 Å². The highest BCUT2D eigenvalue weighted by Gasteiger charge is 2.28. The molecule has 47 heavy (non-hydrogen) atoms. The third-order valence-electron chi connectivity index (χ3n) is 9.71. The molecule has 0 saturated carbocycles. The van der Waals surface area contributed by atoms with Crippen LogP contribution in [0.25, 0.3) is 22.3 Å². The fourth-order valence-corrected chi connectivity index (χ4v) is 7.00. The minimum absolute atomic E-state index is 0.0482. The maximum Gasteiger partial charge on any atom is 0.271 e. The Morgan fingerprint density at radius 2 is 1.79 bits per heavy atom. The van der Waals surface area contributed by atoms with Crippen molar-refractivity contribution in [2.45, 2.75) is 37.8 Å². The number of piperidine rings is 1. The molecule has 7 rings (SSSR count). The average molecular weight is 641 g/mol. The van der Waals surface area contributed by atoms with Crippen molar-refractivity contribution in [2.75, 3.05) is 82.2 Å². The van der Waals surface area contributed by atoms with Crippen LogP contribution >= 0.6 is 0 Å². The fourth-order valence-electron chi connectivity index (χ4n) is 7.00. The first-order chi connectivity index (χ1) is 23.0. The number of ether oxygens (including phenoxy) is 2. The molecule has 3 fully saturated rings. The van der Waals surface area contributed by atoms with Crippen molar-refractivity contribution in [1.29, 1.82) is 0 Å². The quantitative estimate of drug-likeness (QED) is 0.212. The number of piperazine rings is 1. The first kappa shape index (κ1) is 31.2. The van der Waals surface area contributed by atoms with Crippen LogP contribution < -0.4 is 26.0 Å². The molecule has 0 bridgehead atoms. The Bertz CT molecular complexity index is 1710. The van der Waals surface area contributed by atoms with Crippen LogP contribution in [-0.4, -0.2) is 114 Å². The predicted octanol–water partition coefficient (Wildman–Crippen LogP) is 3.68. The van der Waals surface area contributed by atoms with E-state index in [1.807, 2.05) is 30.5 Å². The third-order valence-corrected chi connectivity index (χ3v) is 9.71. The van der Waals surface area contributed by atoms with Gasteiger partial charge in [0.1, 0.15) is 17.1 Å². The van der Waals surface area contributed by atoms with Gasteiger partial charge < -0.3 is 40.6 Å². The van der Waals surface area contributed by atoms with Gasteiger partial charge in [0.05, 0.1) is 12.8 Å². The second-order valence-corrected chi connectivity index (χ2v) is 12.7. The number of amides is 1. The van der Waals surface area contributed by atoms with Crippen LogP contribution in [0.4, 0.5) is 23.0 Å². The summed E-state index contributed by atoms with van der Waals surface area (Å²) in [4.78, 5) is 37.7. The topological polar surface area (TPSA) is 150 Å². The molecule has 0 spiro atoms. The molecular formula is C34H44N10O3. The second-order valence-electron chi connectivity index (χ2n) is 12.7. The van der Waals surface area contributed by atoms with Crippen LogP contribution in [0.3, 0.4) is 0 Å². The lowest BCUT2D eigenvalue weighted by molar-refractivity contribution is 0.0904. The Hall–Kier alpha value is -4.46. The number of aromatic amines is 1. The molecule has 5 N–H and O–H groups in total. The molecule has 13 heteroatoms. The summed E-state index contributed by atoms with van der Waals surface area (Å²) in [6, 6.07) is 10.6. The molecule has 0 atom stereocenters. The third kappa shape index (κ3) is 6.69. The SMILES string of the molecule is COc1cc(Nc2nc(NC3CCOCC3)c(-c3ccnc4[nH]ccc34)nc2C(N)=O)ccc1N1CCC(N2CCN(C)CC2)CC1. The number of anilines is 4. The van der Waals surface area contributed by atoms with E-state index in [2.05, 4.69) is 48.4 Å². The number of likely N-dealkylation sites (N-methyl/N-ethyl adjacent to an activating group) is 1. The molecule has 248 valence electrons. The Morgan fingerprint density at radius 3 is 2.53 bits per heavy atom. The number of nitrogens with zero attached hydrogens (tertiary/aromatic N) is 6. The standard InChI is InChI=1S/C34H44N10O3/c1-42-15-17-43(18-16-42)24-7-13-44(14-8-24)27-4-3-23(21-28(27)46-2)39-34-30(31(35)45)40-29(25-5-11-36-32-26(25)6-12-37-32)33(41-34)38-22-9-19-47-20-10-22/h3-6,11-12,21-22,24H,7-10,13-20H2,1-2H3,(H2,35,45)(H,36,37)(H2,38,39,41). The van der Waals surface area contributed by atoms with E-state index in [0.29, 0.717) is 30.8 Å². The Balaban J connectivity index is 1.16. The van der Waals surface area contributed by atoms with Crippen molar-refractivity contribution in [1.82, 2.24) is 29.7 Å². The zero-order valence-corrected chi connectivity index (χ0v) is 27.2. The molecule has 13 nitrogen and oxygen atoms in total. The average Bonchev–Trinajstić information content (AvgIpc) is 3.59. The molecule has 0 aliphatic carbocycles. The van der Waals surface area contributed by atoms with Crippen LogP contribution in [0.1, 0.15) is 36.2 Å². The van der Waals surface area contributed by atoms with E-state index in [-0.39, 0.29) is 17.6 Å². The van der Waals surface area contributed by atoms with E-state index in [9.17, 15) is 4.79 Å². The normalized spacial score (nSPS) is 18.8. The van der Waals surface area contributed by atoms with Crippen LogP contribution in [0.15, 0.2) is 42.7 Å². The van der Waals surface area contributed by atoms with E-state index >= 15 is 0 Å². The van der Waals surface area contributed by atoms with Crippen LogP contribution in [0, 0.1) is 0 Å². The summed E-state index contributed by atoms with van der Waals surface area (Å²) in [5, 5.41) is 7.80. The number of carbonyl (C=O) groups is 1. The molecule has 1 aromatic carbocycles. The Kier molecular flexibility index (Phi) is 9.09. The number of aromatic nitrogens is 4. The number of methoxy groups -OCH3 is 1. The highest BCUT2D eigenvalue weighted by molar-refractivity contribution is 6.00. The number of benzene rings is 1. The lowest BCUT2D eigenvalue weighted by atomic mass is 10.0. The highest BCUT2D eigenvalue weighted by Crippen LogP contribution is 2.37. The van der Waals surface area contributed by atoms with Crippen molar-refractivity contribution in [3.8, 4) is 17.0 Å². The molecule has 0 radical (unpaired) electrons. The fraction of sp³-hybridized carbons (Fsp3) is 0.471. The zero-order chi connectivity index (χ0) is 32.3. The van der Waals surface area contributed by atoms with Gasteiger partial charge in [-0.3, -0.25) is 9.69 Å². The summed E-state index contributed by atoms with van der Waals surface area (Å²) in [5.41, 5.74) is 9.80. The van der Waals surface area contributed by atoms with Gasteiger partial charge >= 0.3 is 0 Å². The molecule has 1 amide bonds. The van der Waals surface area contributed by atoms with E-state index in [0.717, 1.165) is 98.7 Å². The summed E-state index contributed by atoms with van der Waals surface area (Å²) < 4.78 is 11.5. The number of rotatable bonds is 9. The van der Waals surface area contributed by atoms with Crippen LogP contribution in [-0.2, 0) is 4.74 Å². The summed E-state index contributed by atoms with van der Waals surface area (Å²) in [6.07, 6.45) is 7.48. The monoisotopic (exact) mass is 640 g/mol. The number of H-pyrrole nitrogens is 1. The van der Waals surface area contributed by atoms with E-state index < -0.39 is 5.91 Å². The summed E-state index contributed by atoms with van der Waals surface area (Å²) in [5.74, 6) is 0.915. The first-order valence-corrected chi connectivity index (χ1v) is 16.6. The zero-order valence-electron chi connectivity index (χ0n) is 27.2. The van der Waals surface area contributed by atoms with Gasteiger partial charge in [-0.15, -0.1) is 0 Å². The van der Waals surface area contributed by atoms with Gasteiger partial charge in [-0.25, -0.2) is 15.0 Å². The smallest absolute Gasteiger partial charge is 0.271 e. The largest absolute Gasteiger partial charge is 0.495 e. The Labute approximate surface area is 274 Å². The van der Waals surface area contributed by atoms with E-state index in [4.69, 9.17) is 25.2 Å². The number of carbonyl (C=O) groups excluding carboxylic acids is 1. The number of nitrogens with two attached hydrogens (primary N) is 1. The predicted molar refractivity (Wildman–Crippen MR) is 184 cm³/mol. The van der Waals surface area contributed by atoms with E-state index in [1.165, 1.54) is 0 Å². The molecule has 3 aliphatic rings. The molecule has 0 unspecified atom stereocenters. The highest BCUT2D eigenvalue weighted by atomic mass is 16.5. The molecule has 6 heterocycles. The molecular weight excluding hydrogens is 596 g/mol. The number of primary amides is 1. The van der Waals surface area contributed by atoms with Crippen molar-refractivity contribution < 1.29 is 14.3 Å².